The molecule has 6 heteroatoms. The Labute approximate surface area is 159 Å². The van der Waals surface area contributed by atoms with Gasteiger partial charge in [0.1, 0.15) is 11.6 Å². The lowest BCUT2D eigenvalue weighted by atomic mass is 10.2. The van der Waals surface area contributed by atoms with Crippen molar-refractivity contribution in [2.24, 2.45) is 0 Å². The fourth-order valence-corrected chi connectivity index (χ4v) is 3.60. The largest absolute Gasteiger partial charge is 0.327 e. The van der Waals surface area contributed by atoms with Crippen LogP contribution in [0, 0.1) is 11.3 Å². The van der Waals surface area contributed by atoms with Crippen molar-refractivity contribution in [2.45, 2.75) is 20.0 Å². The SMILES string of the molecule is CCn1c(Cn2ccnc2-c2cccc(Br)c2)nc2cc(C#N)ccc21. The Morgan fingerprint density at radius 1 is 1.19 bits per heavy atom. The Balaban J connectivity index is 1.77. The van der Waals surface area contributed by atoms with Crippen LogP contribution in [0.15, 0.2) is 59.3 Å². The Kier molecular flexibility index (Phi) is 4.31. The predicted octanol–water partition coefficient (Wildman–Crippen LogP) is 4.60. The zero-order chi connectivity index (χ0) is 18.1. The number of rotatable bonds is 4. The molecule has 0 atom stereocenters. The van der Waals surface area contributed by atoms with Gasteiger partial charge in [-0.2, -0.15) is 5.26 Å². The number of hydrogen-bond acceptors (Lipinski definition) is 3. The van der Waals surface area contributed by atoms with Gasteiger partial charge in [-0.15, -0.1) is 0 Å². The minimum absolute atomic E-state index is 0.617. The molecule has 0 N–H and O–H groups in total. The van der Waals surface area contributed by atoms with Crippen molar-refractivity contribution in [3.8, 4) is 17.5 Å². The maximum Gasteiger partial charge on any atom is 0.140 e. The summed E-state index contributed by atoms with van der Waals surface area (Å²) in [6, 6.07) is 15.9. The normalized spacial score (nSPS) is 11.0. The molecule has 0 amide bonds. The van der Waals surface area contributed by atoms with E-state index in [2.05, 4.69) is 49.1 Å². The molecule has 0 spiro atoms. The van der Waals surface area contributed by atoms with Gasteiger partial charge in [-0.25, -0.2) is 9.97 Å². The van der Waals surface area contributed by atoms with Gasteiger partial charge in [-0.1, -0.05) is 28.1 Å². The average Bonchev–Trinajstić information content (AvgIpc) is 3.25. The van der Waals surface area contributed by atoms with E-state index >= 15 is 0 Å². The Morgan fingerprint density at radius 3 is 2.85 bits per heavy atom. The molecule has 0 fully saturated rings. The second kappa shape index (κ2) is 6.77. The van der Waals surface area contributed by atoms with Crippen LogP contribution in [-0.4, -0.2) is 19.1 Å². The Hall–Kier alpha value is -2.91. The molecule has 26 heavy (non-hydrogen) atoms. The van der Waals surface area contributed by atoms with Gasteiger partial charge in [0.15, 0.2) is 0 Å². The van der Waals surface area contributed by atoms with Crippen molar-refractivity contribution in [1.82, 2.24) is 19.1 Å². The summed E-state index contributed by atoms with van der Waals surface area (Å²) < 4.78 is 5.30. The molecular weight excluding hydrogens is 390 g/mol. The predicted molar refractivity (Wildman–Crippen MR) is 105 cm³/mol. The third kappa shape index (κ3) is 2.91. The third-order valence-corrected chi connectivity index (χ3v) is 4.88. The van der Waals surface area contributed by atoms with E-state index in [0.29, 0.717) is 12.1 Å². The first kappa shape index (κ1) is 16.6. The van der Waals surface area contributed by atoms with Crippen LogP contribution in [0.25, 0.3) is 22.4 Å². The topological polar surface area (TPSA) is 59.4 Å². The van der Waals surface area contributed by atoms with Gasteiger partial charge >= 0.3 is 0 Å². The van der Waals surface area contributed by atoms with Crippen molar-refractivity contribution in [1.29, 1.82) is 5.26 Å². The number of hydrogen-bond donors (Lipinski definition) is 0. The van der Waals surface area contributed by atoms with Crippen LogP contribution in [0.2, 0.25) is 0 Å². The van der Waals surface area contributed by atoms with Crippen molar-refractivity contribution < 1.29 is 0 Å². The van der Waals surface area contributed by atoms with Crippen molar-refractivity contribution in [3.63, 3.8) is 0 Å². The Bertz CT molecular complexity index is 1130. The molecule has 2 heterocycles. The number of nitriles is 1. The number of aryl methyl sites for hydroxylation is 1. The van der Waals surface area contributed by atoms with Crippen LogP contribution in [0.4, 0.5) is 0 Å². The van der Waals surface area contributed by atoms with E-state index in [0.717, 1.165) is 39.3 Å². The molecule has 0 bridgehead atoms. The van der Waals surface area contributed by atoms with Crippen LogP contribution < -0.4 is 0 Å². The van der Waals surface area contributed by atoms with Crippen molar-refractivity contribution in [3.05, 3.63) is 70.7 Å². The standard InChI is InChI=1S/C20H16BrN5/c1-2-26-18-7-6-14(12-22)10-17(18)24-19(26)13-25-9-8-23-20(25)15-4-3-5-16(21)11-15/h3-11H,2,13H2,1H3. The summed E-state index contributed by atoms with van der Waals surface area (Å²) in [5.74, 6) is 1.85. The molecule has 4 aromatic rings. The minimum atomic E-state index is 0.617. The lowest BCUT2D eigenvalue weighted by Gasteiger charge is -2.10. The number of aromatic nitrogens is 4. The molecule has 2 aromatic heterocycles. The Morgan fingerprint density at radius 2 is 2.08 bits per heavy atom. The summed E-state index contributed by atoms with van der Waals surface area (Å²) in [6.45, 7) is 3.54. The quantitative estimate of drug-likeness (QED) is 0.498. The lowest BCUT2D eigenvalue weighted by Crippen LogP contribution is -2.08. The molecule has 2 aromatic carbocycles. The highest BCUT2D eigenvalue weighted by molar-refractivity contribution is 9.10. The first-order valence-electron chi connectivity index (χ1n) is 8.36. The molecular formula is C20H16BrN5. The van der Waals surface area contributed by atoms with Gasteiger partial charge in [-0.3, -0.25) is 0 Å². The number of imidazole rings is 2. The highest BCUT2D eigenvalue weighted by Crippen LogP contribution is 2.24. The third-order valence-electron chi connectivity index (χ3n) is 4.38. The molecule has 0 saturated heterocycles. The molecule has 0 saturated carbocycles. The van der Waals surface area contributed by atoms with E-state index < -0.39 is 0 Å². The van der Waals surface area contributed by atoms with E-state index in [9.17, 15) is 0 Å². The van der Waals surface area contributed by atoms with Gasteiger partial charge in [0.25, 0.3) is 0 Å². The smallest absolute Gasteiger partial charge is 0.140 e. The second-order valence-electron chi connectivity index (χ2n) is 5.98. The molecule has 0 unspecified atom stereocenters. The highest BCUT2D eigenvalue weighted by atomic mass is 79.9. The zero-order valence-corrected chi connectivity index (χ0v) is 15.8. The summed E-state index contributed by atoms with van der Waals surface area (Å²) in [5.41, 5.74) is 3.58. The fraction of sp³-hybridized carbons (Fsp3) is 0.150. The summed E-state index contributed by atoms with van der Waals surface area (Å²) in [7, 11) is 0. The van der Waals surface area contributed by atoms with Gasteiger partial charge in [0.2, 0.25) is 0 Å². The summed E-state index contributed by atoms with van der Waals surface area (Å²) in [6.07, 6.45) is 3.78. The van der Waals surface area contributed by atoms with Crippen LogP contribution in [0.1, 0.15) is 18.3 Å². The molecule has 128 valence electrons. The van der Waals surface area contributed by atoms with Crippen LogP contribution in [0.5, 0.6) is 0 Å². The summed E-state index contributed by atoms with van der Waals surface area (Å²) in [4.78, 5) is 9.30. The molecule has 0 aliphatic heterocycles. The van der Waals surface area contributed by atoms with E-state index in [-0.39, 0.29) is 0 Å². The van der Waals surface area contributed by atoms with E-state index in [1.54, 1.807) is 0 Å². The minimum Gasteiger partial charge on any atom is -0.327 e. The fourth-order valence-electron chi connectivity index (χ4n) is 3.20. The summed E-state index contributed by atoms with van der Waals surface area (Å²) in [5, 5.41) is 9.12. The zero-order valence-electron chi connectivity index (χ0n) is 14.2. The van der Waals surface area contributed by atoms with E-state index in [1.807, 2.05) is 48.8 Å². The van der Waals surface area contributed by atoms with E-state index in [1.165, 1.54) is 0 Å². The molecule has 0 radical (unpaired) electrons. The van der Waals surface area contributed by atoms with Gasteiger partial charge in [0.05, 0.1) is 29.2 Å². The average molecular weight is 406 g/mol. The molecule has 4 rings (SSSR count). The van der Waals surface area contributed by atoms with Gasteiger partial charge < -0.3 is 9.13 Å². The van der Waals surface area contributed by atoms with Crippen LogP contribution in [0.3, 0.4) is 0 Å². The maximum atomic E-state index is 9.12. The number of halogens is 1. The number of benzene rings is 2. The maximum absolute atomic E-state index is 9.12. The van der Waals surface area contributed by atoms with Crippen molar-refractivity contribution in [2.75, 3.05) is 0 Å². The molecule has 0 aliphatic rings. The molecule has 0 aliphatic carbocycles. The monoisotopic (exact) mass is 405 g/mol. The second-order valence-corrected chi connectivity index (χ2v) is 6.89. The van der Waals surface area contributed by atoms with Gasteiger partial charge in [-0.05, 0) is 37.3 Å². The first-order chi connectivity index (χ1) is 12.7. The lowest BCUT2D eigenvalue weighted by molar-refractivity contribution is 0.667. The molecule has 5 nitrogen and oxygen atoms in total. The van der Waals surface area contributed by atoms with Gasteiger partial charge in [0, 0.05) is 29.0 Å². The summed E-state index contributed by atoms with van der Waals surface area (Å²) >= 11 is 3.52. The number of fused-ring (bicyclic) bond motifs is 1. The number of nitrogens with zero attached hydrogens (tertiary/aromatic N) is 5. The highest BCUT2D eigenvalue weighted by Gasteiger charge is 2.13. The van der Waals surface area contributed by atoms with Crippen LogP contribution in [-0.2, 0) is 13.1 Å². The first-order valence-corrected chi connectivity index (χ1v) is 9.15. The van der Waals surface area contributed by atoms with Crippen molar-refractivity contribution >= 4 is 27.0 Å². The van der Waals surface area contributed by atoms with Crippen LogP contribution >= 0.6 is 15.9 Å². The van der Waals surface area contributed by atoms with E-state index in [4.69, 9.17) is 10.2 Å².